The Bertz CT molecular complexity index is 583. The lowest BCUT2D eigenvalue weighted by molar-refractivity contribution is 0.709. The number of rotatable bonds is 4. The molecule has 2 N–H and O–H groups in total. The summed E-state index contributed by atoms with van der Waals surface area (Å²) < 4.78 is 0. The summed E-state index contributed by atoms with van der Waals surface area (Å²) in [6.07, 6.45) is 1.79. The zero-order valence-electron chi connectivity index (χ0n) is 12.0. The first-order valence-electron chi connectivity index (χ1n) is 6.69. The largest absolute Gasteiger partial charge is 0.353 e. The van der Waals surface area contributed by atoms with Crippen LogP contribution in [-0.4, -0.2) is 12.0 Å². The van der Waals surface area contributed by atoms with Crippen LogP contribution in [0.1, 0.15) is 37.1 Å². The zero-order valence-corrected chi connectivity index (χ0v) is 12.8. The average Bonchev–Trinajstić information content (AvgIpc) is 2.45. The van der Waals surface area contributed by atoms with Crippen LogP contribution in [0.5, 0.6) is 0 Å². The van der Waals surface area contributed by atoms with Gasteiger partial charge in [0.25, 0.3) is 0 Å². The maximum absolute atomic E-state index is 6.07. The second-order valence-electron chi connectivity index (χ2n) is 5.05. The van der Waals surface area contributed by atoms with Crippen LogP contribution >= 0.6 is 11.6 Å². The molecule has 1 aromatic heterocycles. The van der Waals surface area contributed by atoms with Gasteiger partial charge in [0.1, 0.15) is 5.82 Å². The smallest absolute Gasteiger partial charge is 0.133 e. The molecule has 0 saturated heterocycles. The molecule has 2 unspecified atom stereocenters. The molecular formula is C16H20ClN3. The van der Waals surface area contributed by atoms with Gasteiger partial charge in [-0.05, 0) is 37.6 Å². The molecule has 1 heterocycles. The third-order valence-corrected chi connectivity index (χ3v) is 3.79. The van der Waals surface area contributed by atoms with Gasteiger partial charge < -0.3 is 10.6 Å². The number of halogens is 1. The molecular weight excluding hydrogens is 270 g/mol. The van der Waals surface area contributed by atoms with Gasteiger partial charge in [0.05, 0.1) is 6.04 Å². The highest BCUT2D eigenvalue weighted by Gasteiger charge is 2.18. The third-order valence-electron chi connectivity index (χ3n) is 3.55. The molecule has 0 bridgehead atoms. The number of pyridine rings is 1. The van der Waals surface area contributed by atoms with E-state index in [0.717, 1.165) is 22.0 Å². The average molecular weight is 290 g/mol. The van der Waals surface area contributed by atoms with Gasteiger partial charge in [0.2, 0.25) is 0 Å². The van der Waals surface area contributed by atoms with E-state index >= 15 is 0 Å². The first-order valence-corrected chi connectivity index (χ1v) is 7.07. The van der Waals surface area contributed by atoms with E-state index in [1.165, 1.54) is 0 Å². The number of nitrogens with zero attached hydrogens (tertiary/aromatic N) is 2. The topological polar surface area (TPSA) is 42.1 Å². The van der Waals surface area contributed by atoms with Crippen molar-refractivity contribution in [3.8, 4) is 0 Å². The van der Waals surface area contributed by atoms with Crippen LogP contribution in [-0.2, 0) is 0 Å². The van der Waals surface area contributed by atoms with E-state index < -0.39 is 0 Å². The minimum Gasteiger partial charge on any atom is -0.353 e. The minimum atomic E-state index is -0.0484. The maximum Gasteiger partial charge on any atom is 0.133 e. The summed E-state index contributed by atoms with van der Waals surface area (Å²) in [5, 5.41) is 0.746. The maximum atomic E-state index is 6.07. The molecule has 3 nitrogen and oxygen atoms in total. The number of anilines is 1. The number of aromatic nitrogens is 1. The van der Waals surface area contributed by atoms with Crippen LogP contribution in [0.15, 0.2) is 42.6 Å². The van der Waals surface area contributed by atoms with E-state index in [1.807, 2.05) is 44.3 Å². The molecule has 106 valence electrons. The van der Waals surface area contributed by atoms with Crippen molar-refractivity contribution in [2.24, 2.45) is 5.73 Å². The monoisotopic (exact) mass is 289 g/mol. The molecule has 20 heavy (non-hydrogen) atoms. The highest BCUT2D eigenvalue weighted by atomic mass is 35.5. The van der Waals surface area contributed by atoms with Gasteiger partial charge in [0.15, 0.2) is 0 Å². The predicted molar refractivity (Wildman–Crippen MR) is 85.1 cm³/mol. The lowest BCUT2D eigenvalue weighted by atomic mass is 10.1. The lowest BCUT2D eigenvalue weighted by Gasteiger charge is -2.29. The summed E-state index contributed by atoms with van der Waals surface area (Å²) in [6.45, 7) is 4.10. The van der Waals surface area contributed by atoms with Crippen molar-refractivity contribution in [3.63, 3.8) is 0 Å². The summed E-state index contributed by atoms with van der Waals surface area (Å²) >= 11 is 6.07. The molecule has 0 saturated carbocycles. The fourth-order valence-electron chi connectivity index (χ4n) is 2.23. The molecule has 2 atom stereocenters. The number of hydrogen-bond acceptors (Lipinski definition) is 3. The quantitative estimate of drug-likeness (QED) is 0.926. The van der Waals surface area contributed by atoms with Gasteiger partial charge in [-0.2, -0.15) is 0 Å². The van der Waals surface area contributed by atoms with E-state index in [9.17, 15) is 0 Å². The van der Waals surface area contributed by atoms with Crippen LogP contribution in [0.4, 0.5) is 5.82 Å². The number of nitrogens with two attached hydrogens (primary N) is 1. The number of hydrogen-bond donors (Lipinski definition) is 1. The van der Waals surface area contributed by atoms with Crippen molar-refractivity contribution in [1.29, 1.82) is 0 Å². The molecule has 0 spiro atoms. The van der Waals surface area contributed by atoms with Crippen LogP contribution in [0.25, 0.3) is 0 Å². The molecule has 1 aromatic carbocycles. The molecule has 0 aliphatic rings. The van der Waals surface area contributed by atoms with Gasteiger partial charge >= 0.3 is 0 Å². The normalized spacial score (nSPS) is 13.8. The minimum absolute atomic E-state index is 0.0484. The van der Waals surface area contributed by atoms with Crippen LogP contribution in [0.3, 0.4) is 0 Å². The van der Waals surface area contributed by atoms with Crippen molar-refractivity contribution >= 4 is 17.4 Å². The van der Waals surface area contributed by atoms with E-state index in [2.05, 4.69) is 22.9 Å². The summed E-state index contributed by atoms with van der Waals surface area (Å²) in [4.78, 5) is 6.61. The van der Waals surface area contributed by atoms with Gasteiger partial charge in [-0.1, -0.05) is 29.8 Å². The van der Waals surface area contributed by atoms with Crippen molar-refractivity contribution in [1.82, 2.24) is 4.98 Å². The number of benzene rings is 1. The van der Waals surface area contributed by atoms with E-state index in [1.54, 1.807) is 6.20 Å². The fraction of sp³-hybridized carbons (Fsp3) is 0.312. The molecule has 2 aromatic rings. The third kappa shape index (κ3) is 3.11. The van der Waals surface area contributed by atoms with Gasteiger partial charge in [0, 0.05) is 29.9 Å². The Hall–Kier alpha value is -1.58. The second kappa shape index (κ2) is 6.25. The molecule has 0 radical (unpaired) electrons. The summed E-state index contributed by atoms with van der Waals surface area (Å²) in [5.41, 5.74) is 8.23. The van der Waals surface area contributed by atoms with Crippen molar-refractivity contribution in [2.45, 2.75) is 25.9 Å². The molecule has 4 heteroatoms. The van der Waals surface area contributed by atoms with Crippen molar-refractivity contribution in [2.75, 3.05) is 11.9 Å². The zero-order chi connectivity index (χ0) is 14.7. The van der Waals surface area contributed by atoms with Crippen LogP contribution in [0.2, 0.25) is 5.02 Å². The molecule has 2 rings (SSSR count). The van der Waals surface area contributed by atoms with Crippen LogP contribution in [0, 0.1) is 0 Å². The molecule has 0 amide bonds. The summed E-state index contributed by atoms with van der Waals surface area (Å²) in [7, 11) is 2.03. The van der Waals surface area contributed by atoms with Crippen molar-refractivity contribution < 1.29 is 0 Å². The molecule has 0 aliphatic carbocycles. The fourth-order valence-corrected chi connectivity index (χ4v) is 2.43. The Balaban J connectivity index is 2.34. The summed E-state index contributed by atoms with van der Waals surface area (Å²) in [5.74, 6) is 0.912. The Morgan fingerprint density at radius 3 is 2.60 bits per heavy atom. The van der Waals surface area contributed by atoms with Gasteiger partial charge in [-0.25, -0.2) is 4.98 Å². The Morgan fingerprint density at radius 1 is 1.20 bits per heavy atom. The molecule has 0 fully saturated rings. The highest BCUT2D eigenvalue weighted by molar-refractivity contribution is 6.30. The predicted octanol–water partition coefficient (Wildman–Crippen LogP) is 3.95. The van der Waals surface area contributed by atoms with E-state index in [4.69, 9.17) is 17.3 Å². The van der Waals surface area contributed by atoms with Gasteiger partial charge in [-0.3, -0.25) is 0 Å². The van der Waals surface area contributed by atoms with E-state index in [-0.39, 0.29) is 12.1 Å². The van der Waals surface area contributed by atoms with Crippen LogP contribution < -0.4 is 10.6 Å². The van der Waals surface area contributed by atoms with E-state index in [0.29, 0.717) is 0 Å². The summed E-state index contributed by atoms with van der Waals surface area (Å²) in [6, 6.07) is 12.0. The first kappa shape index (κ1) is 14.8. The highest BCUT2D eigenvalue weighted by Crippen LogP contribution is 2.29. The second-order valence-corrected chi connectivity index (χ2v) is 5.48. The Morgan fingerprint density at radius 2 is 1.95 bits per heavy atom. The van der Waals surface area contributed by atoms with Gasteiger partial charge in [-0.15, -0.1) is 0 Å². The Labute approximate surface area is 125 Å². The van der Waals surface area contributed by atoms with Crippen molar-refractivity contribution in [3.05, 3.63) is 58.7 Å². The lowest BCUT2D eigenvalue weighted by Crippen LogP contribution is -2.25. The standard InChI is InChI=1S/C16H20ClN3/c1-11(18)15-8-5-9-19-16(15)20(3)12(2)13-6-4-7-14(17)10-13/h4-12H,18H2,1-3H3. The first-order chi connectivity index (χ1) is 9.50. The SMILES string of the molecule is CC(N)c1cccnc1N(C)C(C)c1cccc(Cl)c1. The Kier molecular flexibility index (Phi) is 4.63. The molecule has 0 aliphatic heterocycles.